The second-order valence-electron chi connectivity index (χ2n) is 6.58. The van der Waals surface area contributed by atoms with Crippen LogP contribution in [0, 0.1) is 13.8 Å². The van der Waals surface area contributed by atoms with Crippen LogP contribution in [-0.2, 0) is 13.0 Å². The number of aliphatic hydroxyl groups is 1. The lowest BCUT2D eigenvalue weighted by Crippen LogP contribution is -2.39. The maximum absolute atomic E-state index is 13.0. The molecule has 1 aromatic carbocycles. The van der Waals surface area contributed by atoms with Crippen molar-refractivity contribution < 1.29 is 9.90 Å². The topological polar surface area (TPSA) is 45.5 Å². The number of hydrogen-bond acceptors (Lipinski definition) is 2. The zero-order valence-electron chi connectivity index (χ0n) is 14.4. The molecule has 3 rings (SSSR count). The summed E-state index contributed by atoms with van der Waals surface area (Å²) in [5.41, 5.74) is 5.47. The fourth-order valence-electron chi connectivity index (χ4n) is 3.83. The van der Waals surface area contributed by atoms with Crippen LogP contribution < -0.4 is 0 Å². The van der Waals surface area contributed by atoms with Crippen LogP contribution in [0.3, 0.4) is 0 Å². The maximum atomic E-state index is 13.0. The minimum absolute atomic E-state index is 0.0474. The number of aromatic nitrogens is 1. The highest BCUT2D eigenvalue weighted by molar-refractivity contribution is 6.03. The molecule has 0 bridgehead atoms. The summed E-state index contributed by atoms with van der Waals surface area (Å²) >= 11 is 0. The minimum Gasteiger partial charge on any atom is -0.395 e. The third-order valence-corrected chi connectivity index (χ3v) is 4.82. The molecule has 0 saturated heterocycles. The van der Waals surface area contributed by atoms with Crippen LogP contribution >= 0.6 is 0 Å². The second kappa shape index (κ2) is 6.36. The van der Waals surface area contributed by atoms with Gasteiger partial charge in [0, 0.05) is 25.0 Å². The summed E-state index contributed by atoms with van der Waals surface area (Å²) in [6, 6.07) is 4.34. The number of aliphatic hydroxyl groups excluding tert-OH is 1. The predicted octanol–water partition coefficient (Wildman–Crippen LogP) is 3.05. The van der Waals surface area contributed by atoms with Gasteiger partial charge >= 0.3 is 0 Å². The van der Waals surface area contributed by atoms with Crippen LogP contribution in [0.4, 0.5) is 0 Å². The Kier molecular flexibility index (Phi) is 4.44. The zero-order chi connectivity index (χ0) is 16.6. The predicted molar refractivity (Wildman–Crippen MR) is 93.0 cm³/mol. The van der Waals surface area contributed by atoms with Crippen LogP contribution in [0.5, 0.6) is 0 Å². The molecule has 1 aromatic heterocycles. The van der Waals surface area contributed by atoms with Crippen molar-refractivity contribution in [3.8, 4) is 0 Å². The Bertz CT molecular complexity index is 746. The van der Waals surface area contributed by atoms with Crippen LogP contribution in [0.2, 0.25) is 0 Å². The quantitative estimate of drug-likeness (QED) is 0.922. The first-order valence-electron chi connectivity index (χ1n) is 8.61. The van der Waals surface area contributed by atoms with E-state index in [-0.39, 0.29) is 12.5 Å². The summed E-state index contributed by atoms with van der Waals surface area (Å²) in [6.45, 7) is 8.49. The first-order chi connectivity index (χ1) is 11.1. The van der Waals surface area contributed by atoms with Crippen LogP contribution in [0.1, 0.15) is 46.9 Å². The number of carbonyl (C=O) groups excluding carboxylic acids is 1. The highest BCUT2D eigenvalue weighted by Crippen LogP contribution is 2.33. The maximum Gasteiger partial charge on any atom is 0.270 e. The lowest BCUT2D eigenvalue weighted by atomic mass is 10.00. The summed E-state index contributed by atoms with van der Waals surface area (Å²) in [6.07, 6.45) is 3.04. The highest BCUT2D eigenvalue weighted by atomic mass is 16.3. The van der Waals surface area contributed by atoms with Crippen LogP contribution in [-0.4, -0.2) is 40.2 Å². The lowest BCUT2D eigenvalue weighted by Gasteiger charge is -2.28. The molecule has 23 heavy (non-hydrogen) atoms. The van der Waals surface area contributed by atoms with Gasteiger partial charge in [0.15, 0.2) is 0 Å². The largest absolute Gasteiger partial charge is 0.395 e. The van der Waals surface area contributed by atoms with Crippen molar-refractivity contribution >= 4 is 16.8 Å². The highest BCUT2D eigenvalue weighted by Gasteiger charge is 2.30. The molecular weight excluding hydrogens is 288 g/mol. The van der Waals surface area contributed by atoms with Crippen molar-refractivity contribution in [3.05, 3.63) is 34.5 Å². The summed E-state index contributed by atoms with van der Waals surface area (Å²) in [7, 11) is 0. The average molecular weight is 314 g/mol. The Balaban J connectivity index is 2.18. The smallest absolute Gasteiger partial charge is 0.270 e. The van der Waals surface area contributed by atoms with E-state index in [0.29, 0.717) is 6.54 Å². The summed E-state index contributed by atoms with van der Waals surface area (Å²) in [5.74, 6) is 0.126. The van der Waals surface area contributed by atoms with E-state index in [1.165, 1.54) is 16.5 Å². The zero-order valence-corrected chi connectivity index (χ0v) is 14.4. The van der Waals surface area contributed by atoms with Gasteiger partial charge in [-0.1, -0.05) is 25.0 Å². The van der Waals surface area contributed by atoms with Gasteiger partial charge in [-0.3, -0.25) is 4.79 Å². The first-order valence-corrected chi connectivity index (χ1v) is 8.61. The van der Waals surface area contributed by atoms with Crippen LogP contribution in [0.15, 0.2) is 12.1 Å². The third kappa shape index (κ3) is 2.65. The van der Waals surface area contributed by atoms with E-state index in [9.17, 15) is 9.90 Å². The van der Waals surface area contributed by atoms with E-state index in [1.54, 1.807) is 0 Å². The van der Waals surface area contributed by atoms with E-state index in [4.69, 9.17) is 0 Å². The Morgan fingerprint density at radius 1 is 1.22 bits per heavy atom. The number of benzene rings is 1. The van der Waals surface area contributed by atoms with Gasteiger partial charge in [0.1, 0.15) is 5.69 Å². The van der Waals surface area contributed by atoms with E-state index >= 15 is 0 Å². The molecule has 0 unspecified atom stereocenters. The molecule has 0 saturated carbocycles. The number of rotatable bonds is 5. The minimum atomic E-state index is 0.0474. The van der Waals surface area contributed by atoms with E-state index in [1.807, 2.05) is 9.47 Å². The molecule has 1 aliphatic rings. The Labute approximate surface area is 137 Å². The third-order valence-electron chi connectivity index (χ3n) is 4.82. The number of nitrogens with zero attached hydrogens (tertiary/aromatic N) is 2. The molecule has 2 aromatic rings. The fourth-order valence-corrected chi connectivity index (χ4v) is 3.83. The van der Waals surface area contributed by atoms with Gasteiger partial charge < -0.3 is 14.6 Å². The number of unbranched alkanes of at least 4 members (excludes halogenated alkanes) is 1. The SMILES string of the molecule is CCCCN1CCc2c(n(CCO)c3c(C)cc(C)cc23)C1=O. The number of aryl methyl sites for hydroxylation is 2. The lowest BCUT2D eigenvalue weighted by molar-refractivity contribution is 0.0725. The van der Waals surface area contributed by atoms with Gasteiger partial charge in [0.25, 0.3) is 5.91 Å². The monoisotopic (exact) mass is 314 g/mol. The standard InChI is InChI=1S/C19H26N2O2/c1-4-5-7-20-8-6-15-16-12-13(2)11-14(3)17(16)21(9-10-22)18(15)19(20)23/h11-12,22H,4-10H2,1-3H3. The van der Waals surface area contributed by atoms with Crippen molar-refractivity contribution in [2.45, 2.75) is 46.6 Å². The molecule has 0 aliphatic carbocycles. The normalized spacial score (nSPS) is 14.6. The molecule has 0 radical (unpaired) electrons. The van der Waals surface area contributed by atoms with Crippen molar-refractivity contribution in [1.82, 2.24) is 9.47 Å². The Morgan fingerprint density at radius 2 is 2.00 bits per heavy atom. The average Bonchev–Trinajstić information content (AvgIpc) is 2.82. The molecule has 4 heteroatoms. The van der Waals surface area contributed by atoms with Crippen LogP contribution in [0.25, 0.3) is 10.9 Å². The summed E-state index contributed by atoms with van der Waals surface area (Å²) < 4.78 is 2.04. The van der Waals surface area contributed by atoms with Gasteiger partial charge in [-0.05, 0) is 43.9 Å². The number of carbonyl (C=O) groups is 1. The number of amides is 1. The van der Waals surface area contributed by atoms with Gasteiger partial charge in [-0.15, -0.1) is 0 Å². The molecule has 0 fully saturated rings. The first kappa shape index (κ1) is 16.1. The van der Waals surface area contributed by atoms with Crippen molar-refractivity contribution in [2.24, 2.45) is 0 Å². The van der Waals surface area contributed by atoms with Gasteiger partial charge in [0.2, 0.25) is 0 Å². The molecule has 1 N–H and O–H groups in total. The van der Waals surface area contributed by atoms with Crippen molar-refractivity contribution in [3.63, 3.8) is 0 Å². The Hall–Kier alpha value is -1.81. The van der Waals surface area contributed by atoms with E-state index < -0.39 is 0 Å². The van der Waals surface area contributed by atoms with Crippen molar-refractivity contribution in [1.29, 1.82) is 0 Å². The Morgan fingerprint density at radius 3 is 2.70 bits per heavy atom. The fraction of sp³-hybridized carbons (Fsp3) is 0.526. The molecular formula is C19H26N2O2. The number of fused-ring (bicyclic) bond motifs is 3. The molecule has 4 nitrogen and oxygen atoms in total. The van der Waals surface area contributed by atoms with Gasteiger partial charge in [-0.25, -0.2) is 0 Å². The summed E-state index contributed by atoms with van der Waals surface area (Å²) in [5, 5.41) is 10.7. The molecule has 0 atom stereocenters. The molecule has 1 aliphatic heterocycles. The molecule has 1 amide bonds. The molecule has 0 spiro atoms. The summed E-state index contributed by atoms with van der Waals surface area (Å²) in [4.78, 5) is 15.0. The second-order valence-corrected chi connectivity index (χ2v) is 6.58. The molecule has 124 valence electrons. The van der Waals surface area contributed by atoms with Crippen molar-refractivity contribution in [2.75, 3.05) is 19.7 Å². The van der Waals surface area contributed by atoms with E-state index in [2.05, 4.69) is 32.9 Å². The molecule has 2 heterocycles. The van der Waals surface area contributed by atoms with Gasteiger partial charge in [-0.2, -0.15) is 0 Å². The van der Waals surface area contributed by atoms with Gasteiger partial charge in [0.05, 0.1) is 12.1 Å². The number of hydrogen-bond donors (Lipinski definition) is 1. The van der Waals surface area contributed by atoms with E-state index in [0.717, 1.165) is 49.1 Å².